The number of carbonyl (C=O) groups is 4. The molecule has 0 bridgehead atoms. The van der Waals surface area contributed by atoms with Crippen LogP contribution in [0.1, 0.15) is 42.5 Å². The Labute approximate surface area is 210 Å². The maximum Gasteiger partial charge on any atom is 0.267 e. The van der Waals surface area contributed by atoms with Gasteiger partial charge in [-0.3, -0.25) is 24.4 Å². The predicted octanol–water partition coefficient (Wildman–Crippen LogP) is 1.59. The van der Waals surface area contributed by atoms with E-state index in [4.69, 9.17) is 10.9 Å². The van der Waals surface area contributed by atoms with Crippen LogP contribution >= 0.6 is 0 Å². The largest absolute Gasteiger partial charge is 0.339 e. The Bertz CT molecular complexity index is 1060. The summed E-state index contributed by atoms with van der Waals surface area (Å²) in [5, 5.41) is 17.1. The van der Waals surface area contributed by atoms with Gasteiger partial charge in [-0.15, -0.1) is 0 Å². The second-order valence-corrected chi connectivity index (χ2v) is 8.82. The zero-order chi connectivity index (χ0) is 25.9. The number of hydrogen-bond acceptors (Lipinski definition) is 7. The fourth-order valence-corrected chi connectivity index (χ4v) is 4.18. The van der Waals surface area contributed by atoms with Gasteiger partial charge < -0.3 is 21.7 Å². The van der Waals surface area contributed by atoms with E-state index in [1.165, 1.54) is 5.48 Å². The van der Waals surface area contributed by atoms with Gasteiger partial charge >= 0.3 is 0 Å². The number of carbonyl (C=O) groups excluding carboxylic acids is 4. The Morgan fingerprint density at radius 3 is 2.28 bits per heavy atom. The highest BCUT2D eigenvalue weighted by Gasteiger charge is 2.23. The summed E-state index contributed by atoms with van der Waals surface area (Å²) in [4.78, 5) is 47.7. The molecule has 192 valence electrons. The highest BCUT2D eigenvalue weighted by Crippen LogP contribution is 2.25. The Balaban J connectivity index is 1.43. The van der Waals surface area contributed by atoms with Crippen LogP contribution in [-0.2, 0) is 14.4 Å². The van der Waals surface area contributed by atoms with Crippen molar-refractivity contribution in [3.05, 3.63) is 54.1 Å². The Morgan fingerprint density at radius 1 is 1.03 bits per heavy atom. The average molecular weight is 496 g/mol. The van der Waals surface area contributed by atoms with E-state index < -0.39 is 17.9 Å². The Hall–Kier alpha value is -3.60. The van der Waals surface area contributed by atoms with E-state index in [0.717, 1.165) is 36.8 Å². The van der Waals surface area contributed by atoms with E-state index in [2.05, 4.69) is 16.0 Å². The topological polar surface area (TPSA) is 163 Å². The van der Waals surface area contributed by atoms with Crippen molar-refractivity contribution in [3.63, 3.8) is 0 Å². The molecular weight excluding hydrogens is 462 g/mol. The molecular formula is C26H33N5O5. The Kier molecular flexibility index (Phi) is 10.1. The molecule has 7 N–H and O–H groups in total. The van der Waals surface area contributed by atoms with E-state index in [1.54, 1.807) is 36.4 Å². The maximum atomic E-state index is 12.3. The third-order valence-electron chi connectivity index (χ3n) is 6.24. The highest BCUT2D eigenvalue weighted by atomic mass is 16.5. The van der Waals surface area contributed by atoms with E-state index in [1.807, 2.05) is 12.1 Å². The van der Waals surface area contributed by atoms with Gasteiger partial charge in [0.05, 0.1) is 6.54 Å². The molecule has 1 saturated carbocycles. The molecule has 1 aliphatic rings. The summed E-state index contributed by atoms with van der Waals surface area (Å²) >= 11 is 0. The SMILES string of the molecule is NC[C@H](NC(=O)c1ccc(-c2ccc(NC(=O)CNCCCC3CCCC3=O)cc2)cc1)C(=O)NO. The van der Waals surface area contributed by atoms with E-state index in [0.29, 0.717) is 30.0 Å². The molecule has 3 rings (SSSR count). The van der Waals surface area contributed by atoms with Crippen molar-refractivity contribution in [3.8, 4) is 11.1 Å². The zero-order valence-electron chi connectivity index (χ0n) is 20.1. The van der Waals surface area contributed by atoms with Crippen LogP contribution in [0.3, 0.4) is 0 Å². The van der Waals surface area contributed by atoms with Crippen molar-refractivity contribution in [2.24, 2.45) is 11.7 Å². The maximum absolute atomic E-state index is 12.3. The van der Waals surface area contributed by atoms with E-state index in [9.17, 15) is 19.2 Å². The molecule has 0 spiro atoms. The fraction of sp³-hybridized carbons (Fsp3) is 0.385. The van der Waals surface area contributed by atoms with Crippen LogP contribution in [0.2, 0.25) is 0 Å². The van der Waals surface area contributed by atoms with Gasteiger partial charge in [0.25, 0.3) is 11.8 Å². The molecule has 1 unspecified atom stereocenters. The molecule has 0 aromatic heterocycles. The normalized spacial score (nSPS) is 15.8. The molecule has 2 aromatic rings. The summed E-state index contributed by atoms with van der Waals surface area (Å²) < 4.78 is 0. The number of benzene rings is 2. The van der Waals surface area contributed by atoms with E-state index in [-0.39, 0.29) is 24.9 Å². The molecule has 10 nitrogen and oxygen atoms in total. The van der Waals surface area contributed by atoms with Gasteiger partial charge in [0.1, 0.15) is 11.8 Å². The first-order valence-electron chi connectivity index (χ1n) is 12.1. The molecule has 1 aliphatic carbocycles. The van der Waals surface area contributed by atoms with Gasteiger partial charge in [0, 0.05) is 30.1 Å². The lowest BCUT2D eigenvalue weighted by Gasteiger charge is -2.14. The first-order valence-corrected chi connectivity index (χ1v) is 12.1. The van der Waals surface area contributed by atoms with Crippen LogP contribution in [0, 0.1) is 5.92 Å². The fourth-order valence-electron chi connectivity index (χ4n) is 4.18. The zero-order valence-corrected chi connectivity index (χ0v) is 20.1. The van der Waals surface area contributed by atoms with Crippen LogP contribution in [0.5, 0.6) is 0 Å². The second kappa shape index (κ2) is 13.5. The van der Waals surface area contributed by atoms with Gasteiger partial charge in [-0.05, 0) is 67.6 Å². The lowest BCUT2D eigenvalue weighted by molar-refractivity contribution is -0.131. The molecule has 0 saturated heterocycles. The number of amides is 3. The molecule has 0 aliphatic heterocycles. The monoisotopic (exact) mass is 495 g/mol. The van der Waals surface area contributed by atoms with Crippen LogP contribution in [0.15, 0.2) is 48.5 Å². The first-order chi connectivity index (χ1) is 17.4. The van der Waals surface area contributed by atoms with Crippen molar-refractivity contribution < 1.29 is 24.4 Å². The molecule has 36 heavy (non-hydrogen) atoms. The lowest BCUT2D eigenvalue weighted by Crippen LogP contribution is -2.50. The van der Waals surface area contributed by atoms with Crippen LogP contribution in [-0.4, -0.2) is 54.4 Å². The van der Waals surface area contributed by atoms with Crippen molar-refractivity contribution in [1.29, 1.82) is 0 Å². The number of ketones is 1. The van der Waals surface area contributed by atoms with Gasteiger partial charge in [0.2, 0.25) is 5.91 Å². The quantitative estimate of drug-likeness (QED) is 0.148. The molecule has 10 heteroatoms. The number of hydrogen-bond donors (Lipinski definition) is 6. The minimum atomic E-state index is -1.04. The van der Waals surface area contributed by atoms with E-state index >= 15 is 0 Å². The highest BCUT2D eigenvalue weighted by molar-refractivity contribution is 5.98. The molecule has 0 heterocycles. The lowest BCUT2D eigenvalue weighted by atomic mass is 10.0. The summed E-state index contributed by atoms with van der Waals surface area (Å²) in [6, 6.07) is 13.1. The molecule has 1 fully saturated rings. The predicted molar refractivity (Wildman–Crippen MR) is 135 cm³/mol. The number of hydroxylamine groups is 1. The van der Waals surface area contributed by atoms with Gasteiger partial charge in [-0.2, -0.15) is 0 Å². The number of rotatable bonds is 12. The smallest absolute Gasteiger partial charge is 0.267 e. The minimum Gasteiger partial charge on any atom is -0.339 e. The molecule has 0 radical (unpaired) electrons. The number of nitrogens with one attached hydrogen (secondary N) is 4. The summed E-state index contributed by atoms with van der Waals surface area (Å²) in [5.41, 5.74) is 9.71. The Morgan fingerprint density at radius 2 is 1.69 bits per heavy atom. The van der Waals surface area contributed by atoms with Crippen molar-refractivity contribution in [2.45, 2.75) is 38.1 Å². The number of Topliss-reactive ketones (excluding diaryl/α,β-unsaturated/α-hetero) is 1. The third kappa shape index (κ3) is 7.70. The van der Waals surface area contributed by atoms with Gasteiger partial charge in [-0.25, -0.2) is 5.48 Å². The summed E-state index contributed by atoms with van der Waals surface area (Å²) in [7, 11) is 0. The summed E-state index contributed by atoms with van der Waals surface area (Å²) in [6.07, 6.45) is 4.48. The second-order valence-electron chi connectivity index (χ2n) is 8.82. The van der Waals surface area contributed by atoms with Gasteiger partial charge in [0.15, 0.2) is 0 Å². The van der Waals surface area contributed by atoms with Gasteiger partial charge in [-0.1, -0.05) is 24.3 Å². The summed E-state index contributed by atoms with van der Waals surface area (Å²) in [5.74, 6) is -0.832. The van der Waals surface area contributed by atoms with Crippen LogP contribution in [0.4, 0.5) is 5.69 Å². The third-order valence-corrected chi connectivity index (χ3v) is 6.24. The standard InChI is InChI=1S/C26H33N5O5/c27-15-22(26(35)31-36)30-25(34)20-8-6-17(7-9-20)18-10-12-21(13-11-18)29-24(33)16-28-14-2-4-19-3-1-5-23(19)32/h6-13,19,22,28,36H,1-5,14-16,27H2,(H,29,33)(H,30,34)(H,31,35)/t19?,22-/m0/s1. The van der Waals surface area contributed by atoms with Crippen molar-refractivity contribution in [1.82, 2.24) is 16.1 Å². The summed E-state index contributed by atoms with van der Waals surface area (Å²) in [6.45, 7) is 0.748. The van der Waals surface area contributed by atoms with Crippen molar-refractivity contribution >= 4 is 29.2 Å². The van der Waals surface area contributed by atoms with Crippen LogP contribution < -0.4 is 27.2 Å². The molecule has 2 atom stereocenters. The minimum absolute atomic E-state index is 0.138. The molecule has 3 amide bonds. The first kappa shape index (κ1) is 27.0. The number of anilines is 1. The number of nitrogens with two attached hydrogens (primary N) is 1. The average Bonchev–Trinajstić information content (AvgIpc) is 3.31. The molecule has 2 aromatic carbocycles. The van der Waals surface area contributed by atoms with Crippen molar-refractivity contribution in [2.75, 3.05) is 25.0 Å². The van der Waals surface area contributed by atoms with Crippen LogP contribution in [0.25, 0.3) is 11.1 Å².